The van der Waals surface area contributed by atoms with E-state index in [1.54, 1.807) is 6.07 Å². The Bertz CT molecular complexity index is 535. The summed E-state index contributed by atoms with van der Waals surface area (Å²) in [6.45, 7) is 2.78. The van der Waals surface area contributed by atoms with Crippen molar-refractivity contribution in [1.29, 1.82) is 0 Å². The van der Waals surface area contributed by atoms with E-state index in [0.29, 0.717) is 16.5 Å². The summed E-state index contributed by atoms with van der Waals surface area (Å²) in [6.07, 6.45) is 2.15. The third-order valence-electron chi connectivity index (χ3n) is 2.87. The van der Waals surface area contributed by atoms with Crippen molar-refractivity contribution in [3.8, 4) is 0 Å². The molecule has 0 radical (unpaired) electrons. The molecule has 1 atom stereocenters. The van der Waals surface area contributed by atoms with Crippen LogP contribution in [0.2, 0.25) is 10.0 Å². The Morgan fingerprint density at radius 2 is 2.00 bits per heavy atom. The number of benzene rings is 1. The van der Waals surface area contributed by atoms with E-state index in [1.165, 1.54) is 6.33 Å². The van der Waals surface area contributed by atoms with Crippen molar-refractivity contribution >= 4 is 23.2 Å². The molecule has 0 fully saturated rings. The molecule has 0 bridgehead atoms. The lowest BCUT2D eigenvalue weighted by Crippen LogP contribution is -2.30. The van der Waals surface area contributed by atoms with Crippen LogP contribution in [0.4, 0.5) is 0 Å². The lowest BCUT2D eigenvalue weighted by molar-refractivity contribution is 0.510. The van der Waals surface area contributed by atoms with Crippen molar-refractivity contribution in [2.75, 3.05) is 0 Å². The van der Waals surface area contributed by atoms with Crippen LogP contribution in [0.25, 0.3) is 0 Å². The molecule has 2 aromatic rings. The van der Waals surface area contributed by atoms with Gasteiger partial charge in [0.25, 0.3) is 0 Å². The standard InChI is InChI=1S/C12H15Cl2N5/c1-2-19-12(16-7-17-19)6-11(18-15)8-3-9(13)5-10(14)4-8/h3-5,7,11,18H,2,6,15H2,1H3. The number of aryl methyl sites for hydroxylation is 1. The summed E-state index contributed by atoms with van der Waals surface area (Å²) < 4.78 is 1.83. The van der Waals surface area contributed by atoms with Gasteiger partial charge in [-0.05, 0) is 30.7 Å². The molecule has 1 aromatic carbocycles. The number of halogens is 2. The lowest BCUT2D eigenvalue weighted by Gasteiger charge is -2.16. The fourth-order valence-corrected chi connectivity index (χ4v) is 2.49. The molecule has 0 spiro atoms. The van der Waals surface area contributed by atoms with E-state index in [1.807, 2.05) is 23.7 Å². The average molecular weight is 300 g/mol. The molecule has 102 valence electrons. The van der Waals surface area contributed by atoms with Gasteiger partial charge in [-0.1, -0.05) is 23.2 Å². The highest BCUT2D eigenvalue weighted by atomic mass is 35.5. The van der Waals surface area contributed by atoms with Gasteiger partial charge in [0.2, 0.25) is 0 Å². The summed E-state index contributed by atoms with van der Waals surface area (Å²) >= 11 is 12.0. The predicted octanol–water partition coefficient (Wildman–Crippen LogP) is 2.35. The fraction of sp³-hybridized carbons (Fsp3) is 0.333. The largest absolute Gasteiger partial charge is 0.271 e. The molecule has 1 aromatic heterocycles. The van der Waals surface area contributed by atoms with Crippen LogP contribution < -0.4 is 11.3 Å². The minimum atomic E-state index is -0.120. The third kappa shape index (κ3) is 3.45. The molecule has 0 amide bonds. The van der Waals surface area contributed by atoms with Gasteiger partial charge in [-0.25, -0.2) is 4.98 Å². The minimum Gasteiger partial charge on any atom is -0.271 e. The predicted molar refractivity (Wildman–Crippen MR) is 75.9 cm³/mol. The molecular weight excluding hydrogens is 285 g/mol. The number of rotatable bonds is 5. The second-order valence-electron chi connectivity index (χ2n) is 4.12. The molecule has 0 aliphatic carbocycles. The van der Waals surface area contributed by atoms with Crippen LogP contribution in [0.5, 0.6) is 0 Å². The number of hydrogen-bond acceptors (Lipinski definition) is 4. The Balaban J connectivity index is 2.25. The highest BCUT2D eigenvalue weighted by Gasteiger charge is 2.15. The van der Waals surface area contributed by atoms with Gasteiger partial charge in [-0.2, -0.15) is 5.10 Å². The molecule has 5 nitrogen and oxygen atoms in total. The highest BCUT2D eigenvalue weighted by Crippen LogP contribution is 2.25. The van der Waals surface area contributed by atoms with Crippen molar-refractivity contribution in [2.45, 2.75) is 25.9 Å². The van der Waals surface area contributed by atoms with E-state index in [0.717, 1.165) is 17.9 Å². The maximum Gasteiger partial charge on any atom is 0.138 e. The molecular formula is C12H15Cl2N5. The lowest BCUT2D eigenvalue weighted by atomic mass is 10.0. The number of nitrogens with two attached hydrogens (primary N) is 1. The van der Waals surface area contributed by atoms with E-state index < -0.39 is 0 Å². The van der Waals surface area contributed by atoms with Crippen LogP contribution in [0.1, 0.15) is 24.4 Å². The van der Waals surface area contributed by atoms with Crippen LogP contribution in [0.3, 0.4) is 0 Å². The smallest absolute Gasteiger partial charge is 0.138 e. The SMILES string of the molecule is CCn1ncnc1CC(NN)c1cc(Cl)cc(Cl)c1. The van der Waals surface area contributed by atoms with Gasteiger partial charge < -0.3 is 0 Å². The Labute approximate surface area is 121 Å². The first kappa shape index (κ1) is 14.3. The second-order valence-corrected chi connectivity index (χ2v) is 4.99. The maximum atomic E-state index is 6.01. The maximum absolute atomic E-state index is 6.01. The van der Waals surface area contributed by atoms with Crippen LogP contribution >= 0.6 is 23.2 Å². The quantitative estimate of drug-likeness (QED) is 0.657. The Morgan fingerprint density at radius 3 is 2.58 bits per heavy atom. The van der Waals surface area contributed by atoms with E-state index >= 15 is 0 Å². The van der Waals surface area contributed by atoms with Gasteiger partial charge in [-0.3, -0.25) is 16.0 Å². The number of hydrogen-bond donors (Lipinski definition) is 2. The van der Waals surface area contributed by atoms with Crippen LogP contribution in [0, 0.1) is 0 Å². The summed E-state index contributed by atoms with van der Waals surface area (Å²) in [6, 6.07) is 5.25. The van der Waals surface area contributed by atoms with Crippen molar-refractivity contribution in [2.24, 2.45) is 5.84 Å². The molecule has 1 unspecified atom stereocenters. The first-order valence-corrected chi connectivity index (χ1v) is 6.68. The monoisotopic (exact) mass is 299 g/mol. The molecule has 2 rings (SSSR count). The summed E-state index contributed by atoms with van der Waals surface area (Å²) in [5, 5.41) is 5.30. The van der Waals surface area contributed by atoms with Gasteiger partial charge >= 0.3 is 0 Å². The topological polar surface area (TPSA) is 68.8 Å². The fourth-order valence-electron chi connectivity index (χ4n) is 1.94. The van der Waals surface area contributed by atoms with E-state index in [9.17, 15) is 0 Å². The summed E-state index contributed by atoms with van der Waals surface area (Å²) in [5.41, 5.74) is 3.69. The van der Waals surface area contributed by atoms with Gasteiger partial charge in [0.05, 0.1) is 6.04 Å². The molecule has 0 saturated heterocycles. The first-order chi connectivity index (χ1) is 9.13. The van der Waals surface area contributed by atoms with Crippen molar-refractivity contribution < 1.29 is 0 Å². The highest BCUT2D eigenvalue weighted by molar-refractivity contribution is 6.34. The zero-order valence-electron chi connectivity index (χ0n) is 10.5. The van der Waals surface area contributed by atoms with Crippen LogP contribution in [-0.2, 0) is 13.0 Å². The van der Waals surface area contributed by atoms with Gasteiger partial charge in [0.15, 0.2) is 0 Å². The van der Waals surface area contributed by atoms with E-state index in [-0.39, 0.29) is 6.04 Å². The van der Waals surface area contributed by atoms with E-state index in [4.69, 9.17) is 29.0 Å². The normalized spacial score (nSPS) is 12.6. The third-order valence-corrected chi connectivity index (χ3v) is 3.31. The zero-order valence-corrected chi connectivity index (χ0v) is 12.0. The number of hydrazine groups is 1. The van der Waals surface area contributed by atoms with Crippen molar-refractivity contribution in [3.05, 3.63) is 46.0 Å². The van der Waals surface area contributed by atoms with Gasteiger partial charge in [0, 0.05) is 23.0 Å². The zero-order chi connectivity index (χ0) is 13.8. The Morgan fingerprint density at radius 1 is 1.32 bits per heavy atom. The summed E-state index contributed by atoms with van der Waals surface area (Å²) in [4.78, 5) is 4.24. The number of nitrogens with one attached hydrogen (secondary N) is 1. The van der Waals surface area contributed by atoms with Crippen LogP contribution in [0.15, 0.2) is 24.5 Å². The molecule has 7 heteroatoms. The average Bonchev–Trinajstić information content (AvgIpc) is 2.81. The summed E-state index contributed by atoms with van der Waals surface area (Å²) in [5.74, 6) is 6.48. The Kier molecular flexibility index (Phi) is 4.76. The molecule has 0 aliphatic heterocycles. The molecule has 1 heterocycles. The van der Waals surface area contributed by atoms with Crippen LogP contribution in [-0.4, -0.2) is 14.8 Å². The van der Waals surface area contributed by atoms with Gasteiger partial charge in [-0.15, -0.1) is 0 Å². The molecule has 3 N–H and O–H groups in total. The van der Waals surface area contributed by atoms with Crippen molar-refractivity contribution in [3.63, 3.8) is 0 Å². The number of aromatic nitrogens is 3. The Hall–Kier alpha value is -1.14. The minimum absolute atomic E-state index is 0.120. The van der Waals surface area contributed by atoms with Gasteiger partial charge in [0.1, 0.15) is 12.2 Å². The van der Waals surface area contributed by atoms with E-state index in [2.05, 4.69) is 15.5 Å². The number of nitrogens with zero attached hydrogens (tertiary/aromatic N) is 3. The first-order valence-electron chi connectivity index (χ1n) is 5.92. The molecule has 0 saturated carbocycles. The summed E-state index contributed by atoms with van der Waals surface area (Å²) in [7, 11) is 0. The molecule has 19 heavy (non-hydrogen) atoms. The second kappa shape index (κ2) is 6.34. The molecule has 0 aliphatic rings. The van der Waals surface area contributed by atoms with Crippen molar-refractivity contribution in [1.82, 2.24) is 20.2 Å².